The Morgan fingerprint density at radius 3 is 2.50 bits per heavy atom. The molecule has 2 aromatic rings. The van der Waals surface area contributed by atoms with E-state index in [-0.39, 0.29) is 18.5 Å². The highest BCUT2D eigenvalue weighted by atomic mass is 16.6. The van der Waals surface area contributed by atoms with Gasteiger partial charge in [-0.05, 0) is 86.3 Å². The fourth-order valence-electron chi connectivity index (χ4n) is 5.47. The molecule has 4 nitrogen and oxygen atoms in total. The number of benzene rings is 2. The van der Waals surface area contributed by atoms with Crippen LogP contribution in [0, 0.1) is 11.8 Å². The average molecular weight is 495 g/mol. The molecule has 36 heavy (non-hydrogen) atoms. The predicted octanol–water partition coefficient (Wildman–Crippen LogP) is 7.89. The number of aryl methyl sites for hydroxylation is 1. The Morgan fingerprint density at radius 1 is 1.03 bits per heavy atom. The van der Waals surface area contributed by atoms with Crippen molar-refractivity contribution in [1.82, 2.24) is 0 Å². The highest BCUT2D eigenvalue weighted by Crippen LogP contribution is 2.40. The number of fused-ring (bicyclic) bond motifs is 3. The van der Waals surface area contributed by atoms with Crippen LogP contribution in [0.15, 0.2) is 36.4 Å². The van der Waals surface area contributed by atoms with Crippen LogP contribution in [0.1, 0.15) is 97.1 Å². The largest absolute Gasteiger partial charge is 0.493 e. The first-order chi connectivity index (χ1) is 17.3. The van der Waals surface area contributed by atoms with Crippen LogP contribution < -0.4 is 4.74 Å². The Balaban J connectivity index is 1.80. The zero-order chi connectivity index (χ0) is 26.1. The number of carbonyl (C=O) groups excluding carboxylic acids is 1. The van der Waals surface area contributed by atoms with Crippen LogP contribution in [-0.4, -0.2) is 29.9 Å². The summed E-state index contributed by atoms with van der Waals surface area (Å²) in [5.41, 5.74) is 3.49. The molecule has 0 saturated carbocycles. The lowest BCUT2D eigenvalue weighted by Crippen LogP contribution is -2.25. The molecule has 198 valence electrons. The molecule has 0 bridgehead atoms. The van der Waals surface area contributed by atoms with E-state index in [1.54, 1.807) is 0 Å². The zero-order valence-electron chi connectivity index (χ0n) is 23.1. The number of allylic oxidation sites excluding steroid dienone is 1. The molecular formula is C32H46O4. The van der Waals surface area contributed by atoms with Crippen LogP contribution in [0.4, 0.5) is 0 Å². The van der Waals surface area contributed by atoms with Gasteiger partial charge in [0.25, 0.3) is 0 Å². The second-order valence-corrected chi connectivity index (χ2v) is 11.3. The lowest BCUT2D eigenvalue weighted by Gasteiger charge is -2.27. The lowest BCUT2D eigenvalue weighted by molar-refractivity contribution is -0.155. The fourth-order valence-corrected chi connectivity index (χ4v) is 5.47. The minimum atomic E-state index is -0.476. The SMILES string of the molecule is CCCc1ccc2ccc3c(c2c1)C(CCC(CCC)[C@H](CO)CCC(=O)OC(C)(C)C)=CCCO3. The zero-order valence-corrected chi connectivity index (χ0v) is 23.1. The van der Waals surface area contributed by atoms with E-state index in [4.69, 9.17) is 9.47 Å². The molecule has 0 spiro atoms. The maximum Gasteiger partial charge on any atom is 0.306 e. The van der Waals surface area contributed by atoms with Crippen molar-refractivity contribution >= 4 is 22.3 Å². The van der Waals surface area contributed by atoms with Crippen LogP contribution in [0.25, 0.3) is 16.3 Å². The molecule has 0 aliphatic carbocycles. The Hall–Kier alpha value is -2.33. The number of aliphatic hydroxyl groups excluding tert-OH is 1. The summed E-state index contributed by atoms with van der Waals surface area (Å²) in [6, 6.07) is 11.1. The first-order valence-corrected chi connectivity index (χ1v) is 14.0. The van der Waals surface area contributed by atoms with Crippen molar-refractivity contribution < 1.29 is 19.4 Å². The monoisotopic (exact) mass is 494 g/mol. The van der Waals surface area contributed by atoms with Crippen LogP contribution in [0.2, 0.25) is 0 Å². The third kappa shape index (κ3) is 7.83. The van der Waals surface area contributed by atoms with E-state index in [1.165, 1.54) is 27.5 Å². The third-order valence-electron chi connectivity index (χ3n) is 7.16. The van der Waals surface area contributed by atoms with Gasteiger partial charge in [0.2, 0.25) is 0 Å². The second kappa shape index (κ2) is 13.3. The molecule has 0 amide bonds. The molecule has 0 radical (unpaired) electrons. The van der Waals surface area contributed by atoms with Gasteiger partial charge in [0.05, 0.1) is 6.61 Å². The molecule has 1 aliphatic heterocycles. The van der Waals surface area contributed by atoms with Crippen molar-refractivity contribution in [3.8, 4) is 5.75 Å². The lowest BCUT2D eigenvalue weighted by atomic mass is 9.80. The molecule has 4 heteroatoms. The van der Waals surface area contributed by atoms with Gasteiger partial charge < -0.3 is 14.6 Å². The van der Waals surface area contributed by atoms with Gasteiger partial charge in [0.15, 0.2) is 0 Å². The van der Waals surface area contributed by atoms with Crippen LogP contribution >= 0.6 is 0 Å². The van der Waals surface area contributed by atoms with E-state index in [1.807, 2.05) is 20.8 Å². The van der Waals surface area contributed by atoms with Gasteiger partial charge in [0, 0.05) is 25.0 Å². The summed E-state index contributed by atoms with van der Waals surface area (Å²) in [6.07, 6.45) is 10.5. The highest BCUT2D eigenvalue weighted by molar-refractivity contribution is 5.97. The van der Waals surface area contributed by atoms with Gasteiger partial charge in [-0.1, -0.05) is 63.5 Å². The molecule has 0 aromatic heterocycles. The van der Waals surface area contributed by atoms with Crippen LogP contribution in [0.5, 0.6) is 5.75 Å². The smallest absolute Gasteiger partial charge is 0.306 e. The van der Waals surface area contributed by atoms with Crippen molar-refractivity contribution in [3.05, 3.63) is 47.5 Å². The third-order valence-corrected chi connectivity index (χ3v) is 7.16. The van der Waals surface area contributed by atoms with Crippen molar-refractivity contribution in [3.63, 3.8) is 0 Å². The molecule has 1 unspecified atom stereocenters. The van der Waals surface area contributed by atoms with Gasteiger partial charge in [-0.2, -0.15) is 0 Å². The molecule has 0 fully saturated rings. The molecule has 3 rings (SSSR count). The van der Waals surface area contributed by atoms with E-state index >= 15 is 0 Å². The summed E-state index contributed by atoms with van der Waals surface area (Å²) in [6.45, 7) is 10.9. The maximum atomic E-state index is 12.3. The quantitative estimate of drug-likeness (QED) is 0.305. The summed E-state index contributed by atoms with van der Waals surface area (Å²) < 4.78 is 11.7. The maximum absolute atomic E-state index is 12.3. The van der Waals surface area contributed by atoms with Crippen molar-refractivity contribution in [2.75, 3.05) is 13.2 Å². The van der Waals surface area contributed by atoms with Crippen molar-refractivity contribution in [2.45, 2.75) is 98.0 Å². The van der Waals surface area contributed by atoms with Crippen LogP contribution in [0.3, 0.4) is 0 Å². The van der Waals surface area contributed by atoms with E-state index in [0.29, 0.717) is 25.4 Å². The number of hydrogen-bond acceptors (Lipinski definition) is 4. The van der Waals surface area contributed by atoms with E-state index in [2.05, 4.69) is 50.3 Å². The minimum absolute atomic E-state index is 0.100. The van der Waals surface area contributed by atoms with Crippen molar-refractivity contribution in [1.29, 1.82) is 0 Å². The standard InChI is InChI=1S/C32H46O4/c1-6-9-23-12-13-25-16-18-29-31(28(25)21-23)26(11-8-20-35-29)15-14-24(10-7-2)27(22-33)17-19-30(34)36-32(3,4)5/h11-13,16,18,21,24,27,33H,6-10,14-15,17,19-20,22H2,1-5H3/t24?,27-/m0/s1. The van der Waals surface area contributed by atoms with Crippen LogP contribution in [-0.2, 0) is 16.0 Å². The Labute approximate surface area is 218 Å². The highest BCUT2D eigenvalue weighted by Gasteiger charge is 2.25. The Morgan fingerprint density at radius 2 is 1.81 bits per heavy atom. The summed E-state index contributed by atoms with van der Waals surface area (Å²) >= 11 is 0. The Kier molecular flexibility index (Phi) is 10.4. The molecule has 1 N–H and O–H groups in total. The molecule has 2 aromatic carbocycles. The van der Waals surface area contributed by atoms with Gasteiger partial charge in [-0.25, -0.2) is 0 Å². The number of aliphatic hydroxyl groups is 1. The van der Waals surface area contributed by atoms with Gasteiger partial charge in [-0.15, -0.1) is 0 Å². The topological polar surface area (TPSA) is 55.8 Å². The molecule has 1 heterocycles. The first-order valence-electron chi connectivity index (χ1n) is 14.0. The van der Waals surface area contributed by atoms with E-state index in [0.717, 1.165) is 50.7 Å². The molecular weight excluding hydrogens is 448 g/mol. The van der Waals surface area contributed by atoms with Gasteiger partial charge in [-0.3, -0.25) is 4.79 Å². The van der Waals surface area contributed by atoms with Crippen molar-refractivity contribution in [2.24, 2.45) is 11.8 Å². The number of rotatable bonds is 12. The molecule has 2 atom stereocenters. The van der Waals surface area contributed by atoms with Gasteiger partial charge in [0.1, 0.15) is 11.4 Å². The number of esters is 1. The number of carbonyl (C=O) groups is 1. The minimum Gasteiger partial charge on any atom is -0.493 e. The summed E-state index contributed by atoms with van der Waals surface area (Å²) in [5.74, 6) is 1.27. The molecule has 1 aliphatic rings. The molecule has 0 saturated heterocycles. The summed E-state index contributed by atoms with van der Waals surface area (Å²) in [5, 5.41) is 12.8. The van der Waals surface area contributed by atoms with Gasteiger partial charge >= 0.3 is 5.97 Å². The summed E-state index contributed by atoms with van der Waals surface area (Å²) in [4.78, 5) is 12.3. The number of hydrogen-bond donors (Lipinski definition) is 1. The summed E-state index contributed by atoms with van der Waals surface area (Å²) in [7, 11) is 0. The number of ether oxygens (including phenoxy) is 2. The fraction of sp³-hybridized carbons (Fsp3) is 0.594. The average Bonchev–Trinajstić information content (AvgIpc) is 3.04. The normalized spacial score (nSPS) is 15.4. The van der Waals surface area contributed by atoms with E-state index < -0.39 is 5.60 Å². The Bertz CT molecular complexity index is 1030. The second-order valence-electron chi connectivity index (χ2n) is 11.3. The van der Waals surface area contributed by atoms with E-state index in [9.17, 15) is 9.90 Å². The first kappa shape index (κ1) is 28.2. The predicted molar refractivity (Wildman–Crippen MR) is 149 cm³/mol.